The van der Waals surface area contributed by atoms with E-state index in [1.54, 1.807) is 5.57 Å². The van der Waals surface area contributed by atoms with Crippen LogP contribution in [0.3, 0.4) is 0 Å². The smallest absolute Gasteiger partial charge is 0.292 e. The molecule has 0 aromatic rings. The van der Waals surface area contributed by atoms with Crippen LogP contribution < -0.4 is 0 Å². The van der Waals surface area contributed by atoms with Crippen LogP contribution in [0, 0.1) is 0 Å². The van der Waals surface area contributed by atoms with E-state index in [-0.39, 0.29) is 0 Å². The van der Waals surface area contributed by atoms with E-state index >= 15 is 0 Å². The number of hydrogen-bond acceptors (Lipinski definition) is 0. The summed E-state index contributed by atoms with van der Waals surface area (Å²) < 4.78 is 0. The van der Waals surface area contributed by atoms with Gasteiger partial charge in [0.15, 0.2) is 0 Å². The summed E-state index contributed by atoms with van der Waals surface area (Å²) in [5.74, 6) is 0. The third kappa shape index (κ3) is 6.32. The first kappa shape index (κ1) is 17.2. The molecule has 0 atom stereocenters. The van der Waals surface area contributed by atoms with Gasteiger partial charge in [0.25, 0.3) is 5.71 Å². The molecule has 0 aromatic carbocycles. The summed E-state index contributed by atoms with van der Waals surface area (Å²) in [6.45, 7) is 0. The molecule has 2 heteroatoms. The average molecular weight is 300 g/mol. The van der Waals surface area contributed by atoms with Crippen molar-refractivity contribution >= 4 is 5.71 Å². The molecule has 0 aromatic heterocycles. The lowest BCUT2D eigenvalue weighted by molar-refractivity contribution is -0.00652. The minimum absolute atomic E-state index is 0.884. The highest BCUT2D eigenvalue weighted by atomic mass is 14.8. The average Bonchev–Trinajstić information content (AvgIpc) is 2.57. The molecule has 22 heavy (non-hydrogen) atoms. The maximum Gasteiger partial charge on any atom is 0.292 e. The van der Waals surface area contributed by atoms with Gasteiger partial charge in [-0.05, 0) is 56.1 Å². The predicted octanol–water partition coefficient (Wildman–Crippen LogP) is 6.39. The van der Waals surface area contributed by atoms with Crippen LogP contribution in [0.1, 0.15) is 96.3 Å². The normalized spacial score (nSPS) is 23.0. The summed E-state index contributed by atoms with van der Waals surface area (Å²) in [4.78, 5) is 3.56. The van der Waals surface area contributed by atoms with Gasteiger partial charge in [-0.1, -0.05) is 51.0 Å². The molecule has 122 valence electrons. The molecule has 0 saturated heterocycles. The number of rotatable bonds is 1. The van der Waals surface area contributed by atoms with Gasteiger partial charge in [-0.3, -0.25) is 0 Å². The third-order valence-corrected chi connectivity index (χ3v) is 5.05. The fraction of sp³-hybridized carbons (Fsp3) is 0.750. The van der Waals surface area contributed by atoms with Gasteiger partial charge in [-0.2, -0.15) is 4.79 Å². The molecule has 0 fully saturated rings. The topological polar surface area (TPSA) is 36.4 Å². The van der Waals surface area contributed by atoms with E-state index in [0.717, 1.165) is 25.0 Å². The molecule has 0 unspecified atom stereocenters. The van der Waals surface area contributed by atoms with Crippen molar-refractivity contribution in [1.82, 2.24) is 0 Å². The van der Waals surface area contributed by atoms with Gasteiger partial charge in [0, 0.05) is 12.5 Å². The van der Waals surface area contributed by atoms with Crippen LogP contribution in [0.5, 0.6) is 0 Å². The van der Waals surface area contributed by atoms with Gasteiger partial charge in [0.05, 0.1) is 0 Å². The minimum atomic E-state index is 0.884. The zero-order valence-electron chi connectivity index (χ0n) is 14.2. The Morgan fingerprint density at radius 2 is 1.18 bits per heavy atom. The highest BCUT2D eigenvalue weighted by Gasteiger charge is 2.13. The predicted molar refractivity (Wildman–Crippen MR) is 94.0 cm³/mol. The van der Waals surface area contributed by atoms with Crippen molar-refractivity contribution in [3.63, 3.8) is 0 Å². The number of allylic oxidation sites excluding steroid dienone is 4. The summed E-state index contributed by atoms with van der Waals surface area (Å²) in [5.41, 5.74) is 13.2. The lowest BCUT2D eigenvalue weighted by atomic mass is 9.90. The third-order valence-electron chi connectivity index (χ3n) is 5.05. The first-order chi connectivity index (χ1) is 10.9. The number of nitrogens with zero attached hydrogens (tertiary/aromatic N) is 2. The van der Waals surface area contributed by atoms with E-state index in [2.05, 4.69) is 16.9 Å². The standard InChI is InChI=1S/C20H32N2/c21-22-20-16-12-8-4-7-11-15-19(17-20)18-13-9-5-2-1-3-6-10-14-18/h13,17H,1-12,14-16H2. The zero-order valence-corrected chi connectivity index (χ0v) is 14.2. The van der Waals surface area contributed by atoms with Gasteiger partial charge in [0.1, 0.15) is 0 Å². The lowest BCUT2D eigenvalue weighted by Gasteiger charge is -2.15. The van der Waals surface area contributed by atoms with Crippen molar-refractivity contribution in [2.24, 2.45) is 0 Å². The van der Waals surface area contributed by atoms with Crippen LogP contribution in [0.25, 0.3) is 5.53 Å². The molecule has 2 nitrogen and oxygen atoms in total. The first-order valence-electron chi connectivity index (χ1n) is 9.51. The van der Waals surface area contributed by atoms with Crippen molar-refractivity contribution in [3.05, 3.63) is 28.8 Å². The van der Waals surface area contributed by atoms with Gasteiger partial charge < -0.3 is 5.53 Å². The Kier molecular flexibility index (Phi) is 8.27. The number of hydrogen-bond donors (Lipinski definition) is 0. The molecular formula is C20H32N2. The van der Waals surface area contributed by atoms with Crippen LogP contribution in [-0.4, -0.2) is 10.5 Å². The highest BCUT2D eigenvalue weighted by Crippen LogP contribution is 2.27. The van der Waals surface area contributed by atoms with Gasteiger partial charge in [-0.25, -0.2) is 0 Å². The van der Waals surface area contributed by atoms with Crippen molar-refractivity contribution in [3.8, 4) is 0 Å². The van der Waals surface area contributed by atoms with Crippen molar-refractivity contribution in [2.75, 3.05) is 0 Å². The molecule has 0 spiro atoms. The Labute approximate surface area is 136 Å². The molecule has 0 saturated carbocycles. The fourth-order valence-electron chi connectivity index (χ4n) is 3.67. The second-order valence-corrected chi connectivity index (χ2v) is 6.92. The summed E-state index contributed by atoms with van der Waals surface area (Å²) in [6, 6.07) is 0. The Hall–Kier alpha value is -1.14. The van der Waals surface area contributed by atoms with Gasteiger partial charge >= 0.3 is 0 Å². The van der Waals surface area contributed by atoms with Crippen molar-refractivity contribution in [2.45, 2.75) is 96.3 Å². The summed E-state index contributed by atoms with van der Waals surface area (Å²) in [6.07, 6.45) is 23.8. The second kappa shape index (κ2) is 10.6. The molecule has 2 rings (SSSR count). The molecule has 0 radical (unpaired) electrons. The summed E-state index contributed by atoms with van der Waals surface area (Å²) in [5, 5.41) is 0. The molecule has 0 N–H and O–H groups in total. The molecule has 0 heterocycles. The summed E-state index contributed by atoms with van der Waals surface area (Å²) >= 11 is 0. The highest BCUT2D eigenvalue weighted by molar-refractivity contribution is 5.91. The van der Waals surface area contributed by atoms with Crippen LogP contribution in [0.15, 0.2) is 23.3 Å². The van der Waals surface area contributed by atoms with Gasteiger partial charge in [0.2, 0.25) is 0 Å². The van der Waals surface area contributed by atoms with E-state index in [1.165, 1.54) is 82.6 Å². The van der Waals surface area contributed by atoms with Crippen LogP contribution in [0.4, 0.5) is 0 Å². The molecule has 2 aliphatic rings. The van der Waals surface area contributed by atoms with Crippen LogP contribution in [-0.2, 0) is 0 Å². The quantitative estimate of drug-likeness (QED) is 0.397. The maximum absolute atomic E-state index is 9.29. The lowest BCUT2D eigenvalue weighted by Crippen LogP contribution is -2.03. The molecule has 2 aliphatic carbocycles. The SMILES string of the molecule is [N-]=[N+]=C1C=C(C2=CCCCCCCCC2)CCCCCCC1. The largest absolute Gasteiger partial charge is 0.361 e. The molecule has 0 aliphatic heterocycles. The maximum atomic E-state index is 9.29. The van der Waals surface area contributed by atoms with E-state index in [9.17, 15) is 5.53 Å². The van der Waals surface area contributed by atoms with Crippen molar-refractivity contribution < 1.29 is 4.79 Å². The Morgan fingerprint density at radius 1 is 0.636 bits per heavy atom. The minimum Gasteiger partial charge on any atom is -0.361 e. The van der Waals surface area contributed by atoms with Gasteiger partial charge in [-0.15, -0.1) is 0 Å². The fourth-order valence-corrected chi connectivity index (χ4v) is 3.67. The Morgan fingerprint density at radius 3 is 1.86 bits per heavy atom. The van der Waals surface area contributed by atoms with E-state index in [4.69, 9.17) is 0 Å². The monoisotopic (exact) mass is 300 g/mol. The van der Waals surface area contributed by atoms with E-state index < -0.39 is 0 Å². The first-order valence-corrected chi connectivity index (χ1v) is 9.51. The zero-order chi connectivity index (χ0) is 15.5. The second-order valence-electron chi connectivity index (χ2n) is 6.92. The van der Waals surface area contributed by atoms with Crippen molar-refractivity contribution in [1.29, 1.82) is 0 Å². The molecule has 0 bridgehead atoms. The summed E-state index contributed by atoms with van der Waals surface area (Å²) in [7, 11) is 0. The molecule has 0 amide bonds. The molecular weight excluding hydrogens is 268 g/mol. The Bertz CT molecular complexity index is 439. The van der Waals surface area contributed by atoms with Crippen LogP contribution in [0.2, 0.25) is 0 Å². The van der Waals surface area contributed by atoms with E-state index in [0.29, 0.717) is 0 Å². The van der Waals surface area contributed by atoms with E-state index in [1.807, 2.05) is 0 Å². The Balaban J connectivity index is 2.15. The van der Waals surface area contributed by atoms with Crippen LogP contribution >= 0.6 is 0 Å².